The number of carbonyl (C=O) groups excluding carboxylic acids is 1. The van der Waals surface area contributed by atoms with Crippen molar-refractivity contribution in [2.24, 2.45) is 5.92 Å². The number of likely N-dealkylation sites (N-methyl/N-ethyl adjacent to an activating group) is 1. The van der Waals surface area contributed by atoms with Gasteiger partial charge < -0.3 is 4.90 Å². The maximum absolute atomic E-state index is 12.7. The van der Waals surface area contributed by atoms with Gasteiger partial charge >= 0.3 is 0 Å². The molecule has 1 N–H and O–H groups in total. The fraction of sp³-hybridized carbons (Fsp3) is 0.562. The monoisotopic (exact) mass is 260 g/mol. The second kappa shape index (κ2) is 4.34. The zero-order chi connectivity index (χ0) is 14.4. The van der Waals surface area contributed by atoms with Crippen molar-refractivity contribution in [1.29, 1.82) is 0 Å². The van der Waals surface area contributed by atoms with E-state index in [1.54, 1.807) is 0 Å². The highest BCUT2D eigenvalue weighted by molar-refractivity contribution is 5.90. The molecular formula is C16H24N2O. The molecule has 2 rings (SSSR count). The molecule has 1 saturated heterocycles. The molecule has 0 unspecified atom stereocenters. The van der Waals surface area contributed by atoms with Gasteiger partial charge in [0, 0.05) is 7.05 Å². The van der Waals surface area contributed by atoms with Gasteiger partial charge in [-0.25, -0.2) is 0 Å². The number of hydrogen-bond donors (Lipinski definition) is 1. The number of aryl methyl sites for hydroxylation is 1. The molecule has 1 heterocycles. The highest BCUT2D eigenvalue weighted by Crippen LogP contribution is 2.38. The minimum atomic E-state index is -0.637. The highest BCUT2D eigenvalue weighted by atomic mass is 16.2. The Morgan fingerprint density at radius 2 is 1.68 bits per heavy atom. The fourth-order valence-corrected chi connectivity index (χ4v) is 2.80. The summed E-state index contributed by atoms with van der Waals surface area (Å²) in [5.74, 6) is 0.473. The minimum absolute atomic E-state index is 0.132. The van der Waals surface area contributed by atoms with Crippen LogP contribution < -0.4 is 5.32 Å². The topological polar surface area (TPSA) is 32.3 Å². The number of amides is 1. The Morgan fingerprint density at radius 3 is 2.11 bits per heavy atom. The average molecular weight is 260 g/mol. The molecule has 3 nitrogen and oxygen atoms in total. The summed E-state index contributed by atoms with van der Waals surface area (Å²) in [6.07, 6.45) is 0. The predicted octanol–water partition coefficient (Wildman–Crippen LogP) is 2.64. The largest absolute Gasteiger partial charge is 0.326 e. The number of benzene rings is 1. The van der Waals surface area contributed by atoms with Crippen molar-refractivity contribution in [3.8, 4) is 0 Å². The normalized spacial score (nSPS) is 31.3. The van der Waals surface area contributed by atoms with Crippen LogP contribution in [0.2, 0.25) is 0 Å². The second-order valence-corrected chi connectivity index (χ2v) is 6.28. The molecule has 3 heteroatoms. The smallest absolute Gasteiger partial charge is 0.248 e. The van der Waals surface area contributed by atoms with E-state index in [-0.39, 0.29) is 11.6 Å². The van der Waals surface area contributed by atoms with Gasteiger partial charge in [0.1, 0.15) is 5.54 Å². The summed E-state index contributed by atoms with van der Waals surface area (Å²) in [5, 5.41) is 3.55. The first-order valence-electron chi connectivity index (χ1n) is 6.86. The van der Waals surface area contributed by atoms with E-state index in [9.17, 15) is 4.79 Å². The summed E-state index contributed by atoms with van der Waals surface area (Å²) >= 11 is 0. The first-order chi connectivity index (χ1) is 8.71. The summed E-state index contributed by atoms with van der Waals surface area (Å²) in [4.78, 5) is 14.5. The quantitative estimate of drug-likeness (QED) is 0.886. The maximum atomic E-state index is 12.7. The van der Waals surface area contributed by atoms with Gasteiger partial charge in [-0.3, -0.25) is 10.1 Å². The van der Waals surface area contributed by atoms with Crippen LogP contribution in [0.3, 0.4) is 0 Å². The van der Waals surface area contributed by atoms with Gasteiger partial charge in [0.2, 0.25) is 5.91 Å². The third-order valence-corrected chi connectivity index (χ3v) is 4.69. The molecule has 104 valence electrons. The van der Waals surface area contributed by atoms with Crippen molar-refractivity contribution in [2.45, 2.75) is 45.8 Å². The van der Waals surface area contributed by atoms with Gasteiger partial charge in [0.25, 0.3) is 0 Å². The molecule has 0 aromatic heterocycles. The van der Waals surface area contributed by atoms with Crippen LogP contribution in [0.4, 0.5) is 0 Å². The van der Waals surface area contributed by atoms with Crippen LogP contribution in [-0.4, -0.2) is 23.5 Å². The number of nitrogens with one attached hydrogen (secondary N) is 1. The lowest BCUT2D eigenvalue weighted by atomic mass is 9.90. The second-order valence-electron chi connectivity index (χ2n) is 6.28. The van der Waals surface area contributed by atoms with Crippen molar-refractivity contribution < 1.29 is 4.79 Å². The first-order valence-corrected chi connectivity index (χ1v) is 6.86. The van der Waals surface area contributed by atoms with Gasteiger partial charge in [-0.15, -0.1) is 0 Å². The summed E-state index contributed by atoms with van der Waals surface area (Å²) in [6.45, 7) is 10.4. The van der Waals surface area contributed by atoms with E-state index in [0.29, 0.717) is 5.92 Å². The molecular weight excluding hydrogens is 236 g/mol. The van der Waals surface area contributed by atoms with Crippen LogP contribution in [-0.2, 0) is 10.3 Å². The molecule has 1 aliphatic heterocycles. The van der Waals surface area contributed by atoms with Crippen molar-refractivity contribution >= 4 is 5.91 Å². The summed E-state index contributed by atoms with van der Waals surface area (Å²) in [5.41, 5.74) is 1.29. The lowest BCUT2D eigenvalue weighted by Gasteiger charge is -2.36. The average Bonchev–Trinajstić information content (AvgIpc) is 2.53. The maximum Gasteiger partial charge on any atom is 0.248 e. The molecule has 0 bridgehead atoms. The number of nitrogens with zero attached hydrogens (tertiary/aromatic N) is 1. The van der Waals surface area contributed by atoms with Crippen LogP contribution in [0, 0.1) is 12.8 Å². The van der Waals surface area contributed by atoms with Gasteiger partial charge in [0.05, 0.1) is 5.66 Å². The van der Waals surface area contributed by atoms with Gasteiger partial charge in [-0.2, -0.15) is 0 Å². The molecule has 1 aromatic carbocycles. The van der Waals surface area contributed by atoms with E-state index < -0.39 is 5.54 Å². The molecule has 0 spiro atoms. The summed E-state index contributed by atoms with van der Waals surface area (Å²) in [6, 6.07) is 8.20. The van der Waals surface area contributed by atoms with Crippen LogP contribution >= 0.6 is 0 Å². The molecule has 1 aromatic rings. The lowest BCUT2D eigenvalue weighted by Crippen LogP contribution is -2.53. The molecule has 1 aliphatic rings. The van der Waals surface area contributed by atoms with E-state index in [1.807, 2.05) is 31.0 Å². The summed E-state index contributed by atoms with van der Waals surface area (Å²) < 4.78 is 0. The molecule has 0 saturated carbocycles. The highest BCUT2D eigenvalue weighted by Gasteiger charge is 2.54. The Labute approximate surface area is 116 Å². The Hall–Kier alpha value is -1.35. The molecule has 0 aliphatic carbocycles. The van der Waals surface area contributed by atoms with Gasteiger partial charge in [-0.05, 0) is 32.3 Å². The van der Waals surface area contributed by atoms with Gasteiger partial charge in [0.15, 0.2) is 0 Å². The Kier molecular flexibility index (Phi) is 3.21. The minimum Gasteiger partial charge on any atom is -0.326 e. The Morgan fingerprint density at radius 1 is 1.16 bits per heavy atom. The van der Waals surface area contributed by atoms with Crippen molar-refractivity contribution in [3.63, 3.8) is 0 Å². The molecule has 2 atom stereocenters. The van der Waals surface area contributed by atoms with Gasteiger partial charge in [-0.1, -0.05) is 43.7 Å². The zero-order valence-electron chi connectivity index (χ0n) is 12.7. The van der Waals surface area contributed by atoms with E-state index in [1.165, 1.54) is 5.56 Å². The predicted molar refractivity (Wildman–Crippen MR) is 77.7 cm³/mol. The fourth-order valence-electron chi connectivity index (χ4n) is 2.80. The molecule has 1 fully saturated rings. The van der Waals surface area contributed by atoms with Crippen molar-refractivity contribution in [1.82, 2.24) is 10.2 Å². The summed E-state index contributed by atoms with van der Waals surface area (Å²) in [7, 11) is 1.88. The van der Waals surface area contributed by atoms with E-state index in [0.717, 1.165) is 5.56 Å². The standard InChI is InChI=1S/C16H24N2O/c1-11(2)16(5)17-15(4,14(19)18(16)6)13-9-7-12(3)8-10-13/h7-11,17H,1-6H3/t15-,16-/m1/s1. The number of carbonyl (C=O) groups is 1. The number of rotatable bonds is 2. The zero-order valence-corrected chi connectivity index (χ0v) is 12.7. The van der Waals surface area contributed by atoms with E-state index >= 15 is 0 Å². The van der Waals surface area contributed by atoms with Crippen LogP contribution in [0.25, 0.3) is 0 Å². The molecule has 0 radical (unpaired) electrons. The molecule has 19 heavy (non-hydrogen) atoms. The van der Waals surface area contributed by atoms with Crippen LogP contribution in [0.5, 0.6) is 0 Å². The van der Waals surface area contributed by atoms with Crippen molar-refractivity contribution in [2.75, 3.05) is 7.05 Å². The molecule has 1 amide bonds. The van der Waals surface area contributed by atoms with E-state index in [2.05, 4.69) is 45.1 Å². The third kappa shape index (κ3) is 1.96. The Balaban J connectivity index is 2.45. The first kappa shape index (κ1) is 14.1. The van der Waals surface area contributed by atoms with Crippen molar-refractivity contribution in [3.05, 3.63) is 35.4 Å². The Bertz CT molecular complexity index is 494. The van der Waals surface area contributed by atoms with Crippen LogP contribution in [0.15, 0.2) is 24.3 Å². The van der Waals surface area contributed by atoms with E-state index in [4.69, 9.17) is 0 Å². The SMILES string of the molecule is Cc1ccc([C@@]2(C)N[C@@](C)(C(C)C)N(C)C2=O)cc1. The lowest BCUT2D eigenvalue weighted by molar-refractivity contribution is -0.133. The van der Waals surface area contributed by atoms with Crippen LogP contribution in [0.1, 0.15) is 38.8 Å². The number of hydrogen-bond acceptors (Lipinski definition) is 2. The third-order valence-electron chi connectivity index (χ3n) is 4.69.